The Balaban J connectivity index is 1.46. The molecule has 0 spiro atoms. The molecule has 10 heteroatoms. The van der Waals surface area contributed by atoms with Gasteiger partial charge in [0.25, 0.3) is 0 Å². The van der Waals surface area contributed by atoms with Crippen LogP contribution in [0.25, 0.3) is 0 Å². The molecular formula is C17H19N5O3S2. The summed E-state index contributed by atoms with van der Waals surface area (Å²) in [4.78, 5) is 35.1. The molecule has 0 aliphatic heterocycles. The summed E-state index contributed by atoms with van der Waals surface area (Å²) in [6.45, 7) is 1.42. The third-order valence-electron chi connectivity index (χ3n) is 3.91. The second-order valence-corrected chi connectivity index (χ2v) is 8.29. The Morgan fingerprint density at radius 3 is 2.56 bits per heavy atom. The maximum absolute atomic E-state index is 12.1. The predicted molar refractivity (Wildman–Crippen MR) is 106 cm³/mol. The first-order chi connectivity index (χ1) is 13.0. The molecule has 0 bridgehead atoms. The predicted octanol–water partition coefficient (Wildman–Crippen LogP) is 2.97. The van der Waals surface area contributed by atoms with Crippen molar-refractivity contribution in [3.8, 4) is 0 Å². The molecule has 1 aliphatic carbocycles. The zero-order chi connectivity index (χ0) is 19.2. The standard InChI is InChI=1S/C17H19N5O3S2/c1-10(23)18-12-6-3-7-13(8-12)19-14(24)9-26-17-22-21-16(27-17)20-15(25)11-4-2-5-11/h3,6-8,11H,2,4-5,9H2,1H3,(H,18,23)(H,19,24)(H,20,21,25). The fraction of sp³-hybridized carbons (Fsp3) is 0.353. The van der Waals surface area contributed by atoms with E-state index in [4.69, 9.17) is 0 Å². The van der Waals surface area contributed by atoms with Gasteiger partial charge in [-0.3, -0.25) is 14.4 Å². The van der Waals surface area contributed by atoms with Crippen molar-refractivity contribution in [1.29, 1.82) is 0 Å². The van der Waals surface area contributed by atoms with Gasteiger partial charge in [0.2, 0.25) is 22.9 Å². The minimum Gasteiger partial charge on any atom is -0.326 e. The van der Waals surface area contributed by atoms with Gasteiger partial charge in [0.1, 0.15) is 0 Å². The van der Waals surface area contributed by atoms with Gasteiger partial charge < -0.3 is 16.0 Å². The van der Waals surface area contributed by atoms with Crippen LogP contribution in [0.1, 0.15) is 26.2 Å². The quantitative estimate of drug-likeness (QED) is 0.482. The molecular weight excluding hydrogens is 386 g/mol. The van der Waals surface area contributed by atoms with E-state index in [1.807, 2.05) is 0 Å². The smallest absolute Gasteiger partial charge is 0.234 e. The molecule has 0 saturated heterocycles. The van der Waals surface area contributed by atoms with Gasteiger partial charge in [-0.1, -0.05) is 35.6 Å². The third-order valence-corrected chi connectivity index (χ3v) is 5.88. The first-order valence-corrected chi connectivity index (χ1v) is 10.2. The van der Waals surface area contributed by atoms with Crippen molar-refractivity contribution in [2.24, 2.45) is 5.92 Å². The largest absolute Gasteiger partial charge is 0.326 e. The van der Waals surface area contributed by atoms with Crippen LogP contribution in [0, 0.1) is 5.92 Å². The van der Waals surface area contributed by atoms with Crippen molar-refractivity contribution in [3.63, 3.8) is 0 Å². The van der Waals surface area contributed by atoms with Gasteiger partial charge in [-0.15, -0.1) is 10.2 Å². The SMILES string of the molecule is CC(=O)Nc1cccc(NC(=O)CSc2nnc(NC(=O)C3CCC3)s2)c1. The van der Waals surface area contributed by atoms with Gasteiger partial charge in [0, 0.05) is 24.2 Å². The number of amides is 3. The normalized spacial score (nSPS) is 13.5. The average molecular weight is 406 g/mol. The van der Waals surface area contributed by atoms with E-state index in [-0.39, 0.29) is 29.4 Å². The summed E-state index contributed by atoms with van der Waals surface area (Å²) >= 11 is 2.50. The maximum atomic E-state index is 12.1. The van der Waals surface area contributed by atoms with Crippen LogP contribution in [0.2, 0.25) is 0 Å². The fourth-order valence-corrected chi connectivity index (χ4v) is 3.95. The lowest BCUT2D eigenvalue weighted by atomic mass is 9.85. The number of benzene rings is 1. The van der Waals surface area contributed by atoms with Gasteiger partial charge in [-0.05, 0) is 31.0 Å². The Bertz CT molecular complexity index is 851. The van der Waals surface area contributed by atoms with Crippen molar-refractivity contribution in [2.75, 3.05) is 21.7 Å². The lowest BCUT2D eigenvalue weighted by Crippen LogP contribution is -2.27. The van der Waals surface area contributed by atoms with E-state index in [0.29, 0.717) is 20.8 Å². The van der Waals surface area contributed by atoms with E-state index in [0.717, 1.165) is 19.3 Å². The van der Waals surface area contributed by atoms with Crippen LogP contribution >= 0.6 is 23.1 Å². The number of rotatable bonds is 7. The molecule has 0 unspecified atom stereocenters. The first kappa shape index (κ1) is 19.3. The highest BCUT2D eigenvalue weighted by Gasteiger charge is 2.26. The topological polar surface area (TPSA) is 113 Å². The Labute approximate surface area is 164 Å². The Hall–Kier alpha value is -2.46. The summed E-state index contributed by atoms with van der Waals surface area (Å²) < 4.78 is 0.612. The Morgan fingerprint density at radius 2 is 1.89 bits per heavy atom. The molecule has 1 aromatic carbocycles. The number of aromatic nitrogens is 2. The lowest BCUT2D eigenvalue weighted by molar-refractivity contribution is -0.122. The number of thioether (sulfide) groups is 1. The van der Waals surface area contributed by atoms with Crippen LogP contribution in [0.4, 0.5) is 16.5 Å². The first-order valence-electron chi connectivity index (χ1n) is 8.44. The zero-order valence-corrected chi connectivity index (χ0v) is 16.3. The average Bonchev–Trinajstić information content (AvgIpc) is 2.98. The molecule has 142 valence electrons. The van der Waals surface area contributed by atoms with Gasteiger partial charge in [0.05, 0.1) is 5.75 Å². The number of hydrogen-bond donors (Lipinski definition) is 3. The minimum absolute atomic E-state index is 0.00857. The van der Waals surface area contributed by atoms with Crippen LogP contribution in [0.3, 0.4) is 0 Å². The van der Waals surface area contributed by atoms with Crippen LogP contribution in [-0.2, 0) is 14.4 Å². The second kappa shape index (κ2) is 8.96. The van der Waals surface area contributed by atoms with E-state index in [1.54, 1.807) is 24.3 Å². The molecule has 2 aromatic rings. The Kier molecular flexibility index (Phi) is 6.40. The van der Waals surface area contributed by atoms with Gasteiger partial charge >= 0.3 is 0 Å². The van der Waals surface area contributed by atoms with Crippen molar-refractivity contribution in [2.45, 2.75) is 30.5 Å². The van der Waals surface area contributed by atoms with Gasteiger partial charge in [-0.2, -0.15) is 0 Å². The molecule has 3 rings (SSSR count). The number of hydrogen-bond acceptors (Lipinski definition) is 7. The molecule has 8 nitrogen and oxygen atoms in total. The van der Waals surface area contributed by atoms with E-state index in [2.05, 4.69) is 26.1 Å². The number of carbonyl (C=O) groups excluding carboxylic acids is 3. The lowest BCUT2D eigenvalue weighted by Gasteiger charge is -2.23. The summed E-state index contributed by atoms with van der Waals surface area (Å²) in [7, 11) is 0. The van der Waals surface area contributed by atoms with Crippen LogP contribution in [0.5, 0.6) is 0 Å². The molecule has 0 atom stereocenters. The molecule has 0 radical (unpaired) electrons. The van der Waals surface area contributed by atoms with E-state index in [1.165, 1.54) is 30.0 Å². The van der Waals surface area contributed by atoms with Crippen LogP contribution < -0.4 is 16.0 Å². The van der Waals surface area contributed by atoms with Crippen molar-refractivity contribution in [3.05, 3.63) is 24.3 Å². The summed E-state index contributed by atoms with van der Waals surface area (Å²) in [5, 5.41) is 16.6. The zero-order valence-electron chi connectivity index (χ0n) is 14.7. The summed E-state index contributed by atoms with van der Waals surface area (Å²) in [6.07, 6.45) is 2.95. The molecule has 3 N–H and O–H groups in total. The molecule has 1 fully saturated rings. The van der Waals surface area contributed by atoms with E-state index >= 15 is 0 Å². The number of anilines is 3. The summed E-state index contributed by atoms with van der Waals surface area (Å²) in [6, 6.07) is 6.91. The molecule has 1 aliphatic rings. The van der Waals surface area contributed by atoms with Crippen molar-refractivity contribution >= 4 is 57.3 Å². The highest BCUT2D eigenvalue weighted by molar-refractivity contribution is 8.01. The van der Waals surface area contributed by atoms with Crippen molar-refractivity contribution < 1.29 is 14.4 Å². The molecule has 3 amide bonds. The molecule has 1 aromatic heterocycles. The Morgan fingerprint density at radius 1 is 1.15 bits per heavy atom. The number of nitrogens with zero attached hydrogens (tertiary/aromatic N) is 2. The maximum Gasteiger partial charge on any atom is 0.234 e. The minimum atomic E-state index is -0.199. The summed E-state index contributed by atoms with van der Waals surface area (Å²) in [5.74, 6) is -0.134. The highest BCUT2D eigenvalue weighted by Crippen LogP contribution is 2.30. The monoisotopic (exact) mass is 405 g/mol. The number of nitrogens with one attached hydrogen (secondary N) is 3. The van der Waals surface area contributed by atoms with Gasteiger partial charge in [-0.25, -0.2) is 0 Å². The van der Waals surface area contributed by atoms with E-state index < -0.39 is 0 Å². The second-order valence-electron chi connectivity index (χ2n) is 6.09. The van der Waals surface area contributed by atoms with Crippen LogP contribution in [-0.4, -0.2) is 33.7 Å². The fourth-order valence-electron chi connectivity index (χ4n) is 2.40. The highest BCUT2D eigenvalue weighted by atomic mass is 32.2. The van der Waals surface area contributed by atoms with Gasteiger partial charge in [0.15, 0.2) is 4.34 Å². The third kappa shape index (κ3) is 5.76. The summed E-state index contributed by atoms with van der Waals surface area (Å²) in [5.41, 5.74) is 1.21. The van der Waals surface area contributed by atoms with E-state index in [9.17, 15) is 14.4 Å². The number of carbonyl (C=O) groups is 3. The molecule has 27 heavy (non-hydrogen) atoms. The molecule has 1 saturated carbocycles. The van der Waals surface area contributed by atoms with Crippen LogP contribution in [0.15, 0.2) is 28.6 Å². The van der Waals surface area contributed by atoms with Crippen molar-refractivity contribution in [1.82, 2.24) is 10.2 Å². The molecule has 1 heterocycles.